The van der Waals surface area contributed by atoms with Gasteiger partial charge < -0.3 is 10.2 Å². The van der Waals surface area contributed by atoms with Gasteiger partial charge in [-0.25, -0.2) is 14.4 Å². The third-order valence-electron chi connectivity index (χ3n) is 4.59. The minimum atomic E-state index is -0.254. The summed E-state index contributed by atoms with van der Waals surface area (Å²) < 4.78 is 13.3. The normalized spacial score (nSPS) is 15.7. The Morgan fingerprint density at radius 2 is 1.81 bits per heavy atom. The summed E-state index contributed by atoms with van der Waals surface area (Å²) in [7, 11) is 3.69. The number of anilines is 1. The zero-order chi connectivity index (χ0) is 18.5. The van der Waals surface area contributed by atoms with Crippen molar-refractivity contribution in [2.45, 2.75) is 18.9 Å². The van der Waals surface area contributed by atoms with Gasteiger partial charge in [0.2, 0.25) is 5.95 Å². The van der Waals surface area contributed by atoms with E-state index in [4.69, 9.17) is 0 Å². The highest BCUT2D eigenvalue weighted by Crippen LogP contribution is 2.25. The number of rotatable bonds is 6. The number of likely N-dealkylation sites (tertiary alicyclic amines) is 1. The Labute approximate surface area is 153 Å². The van der Waals surface area contributed by atoms with Crippen molar-refractivity contribution in [3.63, 3.8) is 0 Å². The van der Waals surface area contributed by atoms with Gasteiger partial charge in [0.1, 0.15) is 5.82 Å². The third kappa shape index (κ3) is 4.35. The number of aromatic nitrogens is 2. The Morgan fingerprint density at radius 1 is 1.19 bits per heavy atom. The molecule has 0 bridgehead atoms. The maximum absolute atomic E-state index is 13.3. The van der Waals surface area contributed by atoms with Crippen LogP contribution in [-0.4, -0.2) is 54.5 Å². The number of hydrogen-bond acceptors (Lipinski definition) is 5. The zero-order valence-corrected chi connectivity index (χ0v) is 15.2. The Morgan fingerprint density at radius 3 is 2.38 bits per heavy atom. The Bertz CT molecular complexity index is 727. The van der Waals surface area contributed by atoms with E-state index in [1.165, 1.54) is 24.5 Å². The fourth-order valence-electron chi connectivity index (χ4n) is 3.16. The van der Waals surface area contributed by atoms with Crippen LogP contribution in [0.1, 0.15) is 34.8 Å². The molecule has 0 saturated carbocycles. The van der Waals surface area contributed by atoms with Crippen molar-refractivity contribution in [3.8, 4) is 0 Å². The molecule has 0 aliphatic carbocycles. The van der Waals surface area contributed by atoms with Gasteiger partial charge in [-0.05, 0) is 43.6 Å². The van der Waals surface area contributed by atoms with Gasteiger partial charge >= 0.3 is 0 Å². The highest BCUT2D eigenvalue weighted by molar-refractivity contribution is 5.93. The van der Waals surface area contributed by atoms with E-state index in [-0.39, 0.29) is 17.8 Å². The number of carbonyl (C=O) groups excluding carboxylic acids is 1. The number of halogens is 1. The van der Waals surface area contributed by atoms with Gasteiger partial charge in [-0.15, -0.1) is 0 Å². The van der Waals surface area contributed by atoms with Crippen molar-refractivity contribution < 1.29 is 9.18 Å². The van der Waals surface area contributed by atoms with Crippen LogP contribution in [0.15, 0.2) is 36.7 Å². The molecule has 1 aliphatic heterocycles. The van der Waals surface area contributed by atoms with Gasteiger partial charge in [0, 0.05) is 33.0 Å². The maximum atomic E-state index is 13.3. The lowest BCUT2D eigenvalue weighted by Gasteiger charge is -2.28. The van der Waals surface area contributed by atoms with E-state index < -0.39 is 0 Å². The molecule has 2 heterocycles. The van der Waals surface area contributed by atoms with Crippen LogP contribution < -0.4 is 10.2 Å². The summed E-state index contributed by atoms with van der Waals surface area (Å²) in [6.07, 6.45) is 5.35. The number of nitrogens with one attached hydrogen (secondary N) is 1. The fourth-order valence-corrected chi connectivity index (χ4v) is 3.16. The average Bonchev–Trinajstić information content (AvgIpc) is 3.17. The van der Waals surface area contributed by atoms with Crippen LogP contribution in [0.4, 0.5) is 10.3 Å². The monoisotopic (exact) mass is 357 g/mol. The summed E-state index contributed by atoms with van der Waals surface area (Å²) in [6, 6.07) is 6.55. The van der Waals surface area contributed by atoms with Crippen LogP contribution in [0.5, 0.6) is 0 Å². The van der Waals surface area contributed by atoms with Gasteiger partial charge in [-0.2, -0.15) is 0 Å². The molecule has 1 saturated heterocycles. The first-order valence-electron chi connectivity index (χ1n) is 8.81. The molecule has 1 fully saturated rings. The molecule has 6 nitrogen and oxygen atoms in total. The molecule has 0 unspecified atom stereocenters. The molecule has 7 heteroatoms. The summed E-state index contributed by atoms with van der Waals surface area (Å²) in [5.74, 6) is 0.0977. The number of hydrogen-bond donors (Lipinski definition) is 1. The minimum absolute atomic E-state index is 0.0315. The summed E-state index contributed by atoms with van der Waals surface area (Å²) in [4.78, 5) is 24.9. The van der Waals surface area contributed by atoms with Crippen LogP contribution in [0.2, 0.25) is 0 Å². The molecule has 0 spiro atoms. The van der Waals surface area contributed by atoms with E-state index in [1.54, 1.807) is 17.0 Å². The van der Waals surface area contributed by atoms with Crippen molar-refractivity contribution in [3.05, 3.63) is 53.6 Å². The van der Waals surface area contributed by atoms with Crippen molar-refractivity contribution in [2.75, 3.05) is 38.6 Å². The molecule has 3 rings (SSSR count). The van der Waals surface area contributed by atoms with Gasteiger partial charge in [-0.3, -0.25) is 9.69 Å². The number of amides is 1. The van der Waals surface area contributed by atoms with Crippen molar-refractivity contribution in [1.29, 1.82) is 0 Å². The molecule has 138 valence electrons. The molecule has 0 radical (unpaired) electrons. The highest BCUT2D eigenvalue weighted by Gasteiger charge is 2.24. The summed E-state index contributed by atoms with van der Waals surface area (Å²) in [5.41, 5.74) is 1.43. The third-order valence-corrected chi connectivity index (χ3v) is 4.59. The van der Waals surface area contributed by atoms with Crippen LogP contribution in [0.3, 0.4) is 0 Å². The molecule has 1 aliphatic rings. The second-order valence-electron chi connectivity index (χ2n) is 6.69. The predicted molar refractivity (Wildman–Crippen MR) is 98.6 cm³/mol. The summed E-state index contributed by atoms with van der Waals surface area (Å²) in [6.45, 7) is 2.43. The zero-order valence-electron chi connectivity index (χ0n) is 15.2. The van der Waals surface area contributed by atoms with Crippen LogP contribution in [-0.2, 0) is 0 Å². The molecular formula is C19H24FN5O. The molecular weight excluding hydrogens is 333 g/mol. The standard InChI is InChI=1S/C19H24FN5O/c1-24(2)19-22-11-15(12-23-19)18(26)21-13-17(25-9-3-4-10-25)14-5-7-16(20)8-6-14/h5-8,11-12,17H,3-4,9-10,13H2,1-2H3,(H,21,26)/t17-/m1/s1. The largest absolute Gasteiger partial charge is 0.350 e. The van der Waals surface area contributed by atoms with Gasteiger partial charge in [0.05, 0.1) is 11.6 Å². The van der Waals surface area contributed by atoms with Crippen LogP contribution in [0.25, 0.3) is 0 Å². The fraction of sp³-hybridized carbons (Fsp3) is 0.421. The average molecular weight is 357 g/mol. The Balaban J connectivity index is 1.68. The predicted octanol–water partition coefficient (Wildman–Crippen LogP) is 2.25. The molecule has 2 aromatic rings. The second-order valence-corrected chi connectivity index (χ2v) is 6.69. The topological polar surface area (TPSA) is 61.4 Å². The van der Waals surface area contributed by atoms with Crippen molar-refractivity contribution in [2.24, 2.45) is 0 Å². The van der Waals surface area contributed by atoms with E-state index in [2.05, 4.69) is 20.2 Å². The van der Waals surface area contributed by atoms with Crippen molar-refractivity contribution >= 4 is 11.9 Å². The quantitative estimate of drug-likeness (QED) is 0.859. The lowest BCUT2D eigenvalue weighted by atomic mass is 10.1. The molecule has 1 aromatic carbocycles. The molecule has 1 atom stereocenters. The van der Waals surface area contributed by atoms with Crippen LogP contribution >= 0.6 is 0 Å². The first-order valence-corrected chi connectivity index (χ1v) is 8.81. The number of carbonyl (C=O) groups is 1. The first kappa shape index (κ1) is 18.3. The van der Waals surface area contributed by atoms with Gasteiger partial charge in [0.15, 0.2) is 0 Å². The Hall–Kier alpha value is -2.54. The van der Waals surface area contributed by atoms with Gasteiger partial charge in [0.25, 0.3) is 5.91 Å². The van der Waals surface area contributed by atoms with E-state index in [9.17, 15) is 9.18 Å². The maximum Gasteiger partial charge on any atom is 0.254 e. The van der Waals surface area contributed by atoms with E-state index in [0.717, 1.165) is 31.5 Å². The Kier molecular flexibility index (Phi) is 5.78. The summed E-state index contributed by atoms with van der Waals surface area (Å²) in [5, 5.41) is 2.97. The second kappa shape index (κ2) is 8.23. The highest BCUT2D eigenvalue weighted by atomic mass is 19.1. The number of nitrogens with zero attached hydrogens (tertiary/aromatic N) is 4. The van der Waals surface area contributed by atoms with E-state index in [1.807, 2.05) is 14.1 Å². The molecule has 1 aromatic heterocycles. The lowest BCUT2D eigenvalue weighted by Crippen LogP contribution is -2.37. The van der Waals surface area contributed by atoms with E-state index >= 15 is 0 Å². The van der Waals surface area contributed by atoms with E-state index in [0.29, 0.717) is 18.1 Å². The molecule has 26 heavy (non-hydrogen) atoms. The van der Waals surface area contributed by atoms with Crippen molar-refractivity contribution in [1.82, 2.24) is 20.2 Å². The lowest BCUT2D eigenvalue weighted by molar-refractivity contribution is 0.0937. The molecule has 1 N–H and O–H groups in total. The van der Waals surface area contributed by atoms with Gasteiger partial charge in [-0.1, -0.05) is 12.1 Å². The van der Waals surface area contributed by atoms with Crippen LogP contribution in [0, 0.1) is 5.82 Å². The number of benzene rings is 1. The summed E-state index contributed by atoms with van der Waals surface area (Å²) >= 11 is 0. The minimum Gasteiger partial charge on any atom is -0.350 e. The first-order chi connectivity index (χ1) is 12.5. The SMILES string of the molecule is CN(C)c1ncc(C(=O)NC[C@H](c2ccc(F)cc2)N2CCCC2)cn1. The molecule has 1 amide bonds. The smallest absolute Gasteiger partial charge is 0.254 e.